The Morgan fingerprint density at radius 3 is 1.86 bits per heavy atom. The molecule has 8 nitrogen and oxygen atoms in total. The number of carbonyl (C=O) groups excluding carboxylic acids is 2. The molecule has 0 aliphatic rings. The van der Waals surface area contributed by atoms with Gasteiger partial charge in [0.05, 0.1) is 0 Å². The van der Waals surface area contributed by atoms with E-state index in [1.807, 2.05) is 60.7 Å². The van der Waals surface area contributed by atoms with Gasteiger partial charge in [-0.3, -0.25) is 9.59 Å². The molecule has 0 fully saturated rings. The van der Waals surface area contributed by atoms with Gasteiger partial charge in [-0.2, -0.15) is 0 Å². The van der Waals surface area contributed by atoms with Crippen molar-refractivity contribution >= 4 is 17.8 Å². The highest BCUT2D eigenvalue weighted by atomic mass is 19.1. The Kier molecular flexibility index (Phi) is 10.9. The molecule has 0 saturated carbocycles. The van der Waals surface area contributed by atoms with Crippen molar-refractivity contribution in [2.45, 2.75) is 45.1 Å². The maximum atomic E-state index is 14.3. The molecule has 9 heteroatoms. The van der Waals surface area contributed by atoms with Crippen LogP contribution >= 0.6 is 0 Å². The molecule has 2 atom stereocenters. The molecule has 0 spiro atoms. The number of carboxylic acid groups (broad SMARTS) is 1. The predicted molar refractivity (Wildman–Crippen MR) is 159 cm³/mol. The number of ether oxygens (including phenoxy) is 2. The van der Waals surface area contributed by atoms with Crippen LogP contribution in [0.3, 0.4) is 0 Å². The average Bonchev–Trinajstić information content (AvgIpc) is 3.00. The van der Waals surface area contributed by atoms with Crippen molar-refractivity contribution in [1.82, 2.24) is 10.6 Å². The molecular weight excluding hydrogens is 551 g/mol. The van der Waals surface area contributed by atoms with Crippen LogP contribution in [0.4, 0.5) is 4.39 Å². The summed E-state index contributed by atoms with van der Waals surface area (Å²) in [5.74, 6) is -2.14. The molecule has 4 aromatic rings. The van der Waals surface area contributed by atoms with Crippen molar-refractivity contribution < 1.29 is 33.4 Å². The van der Waals surface area contributed by atoms with E-state index in [0.717, 1.165) is 11.1 Å². The van der Waals surface area contributed by atoms with Gasteiger partial charge in [-0.05, 0) is 40.5 Å². The fourth-order valence-corrected chi connectivity index (χ4v) is 4.43. The SMILES string of the molecule is CC(=O)N[C@@H](Cc1ccccc1F)C(=O)N[C@H](Cc1ccc(OCc2ccccc2)c(OCc2ccccc2)c1)C(=O)O. The topological polar surface area (TPSA) is 114 Å². The van der Waals surface area contributed by atoms with Crippen LogP contribution in [0.15, 0.2) is 103 Å². The minimum atomic E-state index is -1.33. The third kappa shape index (κ3) is 9.43. The van der Waals surface area contributed by atoms with Gasteiger partial charge < -0.3 is 25.2 Å². The molecule has 0 bridgehead atoms. The lowest BCUT2D eigenvalue weighted by atomic mass is 10.0. The minimum Gasteiger partial charge on any atom is -0.485 e. The number of carboxylic acids is 1. The minimum absolute atomic E-state index is 0.0752. The number of rotatable bonds is 14. The fourth-order valence-electron chi connectivity index (χ4n) is 4.43. The summed E-state index contributed by atoms with van der Waals surface area (Å²) in [4.78, 5) is 37.1. The highest BCUT2D eigenvalue weighted by Crippen LogP contribution is 2.30. The second-order valence-corrected chi connectivity index (χ2v) is 9.98. The zero-order valence-corrected chi connectivity index (χ0v) is 23.7. The van der Waals surface area contributed by atoms with Crippen molar-refractivity contribution in [2.24, 2.45) is 0 Å². The first kappa shape index (κ1) is 30.8. The van der Waals surface area contributed by atoms with Crippen LogP contribution in [0, 0.1) is 5.82 Å². The Morgan fingerprint density at radius 1 is 0.698 bits per heavy atom. The number of carbonyl (C=O) groups is 3. The molecule has 0 aliphatic heterocycles. The van der Waals surface area contributed by atoms with E-state index in [1.165, 1.54) is 25.1 Å². The normalized spacial score (nSPS) is 12.0. The third-order valence-corrected chi connectivity index (χ3v) is 6.61. The maximum absolute atomic E-state index is 14.3. The van der Waals surface area contributed by atoms with E-state index < -0.39 is 35.7 Å². The first-order chi connectivity index (χ1) is 20.8. The summed E-state index contributed by atoms with van der Waals surface area (Å²) in [6.07, 6.45) is -0.219. The summed E-state index contributed by atoms with van der Waals surface area (Å²) in [5.41, 5.74) is 2.71. The Balaban J connectivity index is 1.51. The van der Waals surface area contributed by atoms with E-state index in [2.05, 4.69) is 10.6 Å². The Labute approximate surface area is 249 Å². The van der Waals surface area contributed by atoms with Gasteiger partial charge in [0, 0.05) is 19.8 Å². The zero-order chi connectivity index (χ0) is 30.6. The molecule has 0 unspecified atom stereocenters. The molecule has 0 heterocycles. The summed E-state index contributed by atoms with van der Waals surface area (Å²) < 4.78 is 26.4. The number of hydrogen-bond donors (Lipinski definition) is 3. The summed E-state index contributed by atoms with van der Waals surface area (Å²) in [5, 5.41) is 14.9. The van der Waals surface area contributed by atoms with Crippen LogP contribution < -0.4 is 20.1 Å². The number of amides is 2. The van der Waals surface area contributed by atoms with E-state index in [-0.39, 0.29) is 25.0 Å². The van der Waals surface area contributed by atoms with Crippen molar-refractivity contribution in [1.29, 1.82) is 0 Å². The number of benzene rings is 4. The van der Waals surface area contributed by atoms with Gasteiger partial charge in [0.2, 0.25) is 11.8 Å². The molecular formula is C34H33FN2O6. The van der Waals surface area contributed by atoms with Gasteiger partial charge in [-0.25, -0.2) is 9.18 Å². The van der Waals surface area contributed by atoms with E-state index in [1.54, 1.807) is 24.3 Å². The molecule has 0 saturated heterocycles. The van der Waals surface area contributed by atoms with E-state index in [0.29, 0.717) is 23.7 Å². The Bertz CT molecular complexity index is 1530. The molecule has 0 aromatic heterocycles. The van der Waals surface area contributed by atoms with Crippen LogP contribution in [-0.2, 0) is 40.4 Å². The van der Waals surface area contributed by atoms with Crippen molar-refractivity contribution in [3.63, 3.8) is 0 Å². The molecule has 2 amide bonds. The lowest BCUT2D eigenvalue weighted by molar-refractivity contribution is -0.142. The maximum Gasteiger partial charge on any atom is 0.326 e. The number of hydrogen-bond acceptors (Lipinski definition) is 5. The largest absolute Gasteiger partial charge is 0.485 e. The quantitative estimate of drug-likeness (QED) is 0.195. The third-order valence-electron chi connectivity index (χ3n) is 6.61. The first-order valence-corrected chi connectivity index (χ1v) is 13.8. The average molecular weight is 585 g/mol. The lowest BCUT2D eigenvalue weighted by Gasteiger charge is -2.22. The predicted octanol–water partition coefficient (Wildman–Crippen LogP) is 4.84. The van der Waals surface area contributed by atoms with Crippen LogP contribution in [-0.4, -0.2) is 35.0 Å². The smallest absolute Gasteiger partial charge is 0.326 e. The monoisotopic (exact) mass is 584 g/mol. The summed E-state index contributed by atoms with van der Waals surface area (Å²) in [7, 11) is 0. The van der Waals surface area contributed by atoms with E-state index in [4.69, 9.17) is 9.47 Å². The number of halogens is 1. The van der Waals surface area contributed by atoms with Crippen LogP contribution in [0.1, 0.15) is 29.2 Å². The highest BCUT2D eigenvalue weighted by molar-refractivity contribution is 5.90. The van der Waals surface area contributed by atoms with Crippen LogP contribution in [0.5, 0.6) is 11.5 Å². The van der Waals surface area contributed by atoms with Crippen molar-refractivity contribution in [2.75, 3.05) is 0 Å². The second kappa shape index (κ2) is 15.2. The van der Waals surface area contributed by atoms with Gasteiger partial charge in [0.1, 0.15) is 31.1 Å². The van der Waals surface area contributed by atoms with Gasteiger partial charge in [0.25, 0.3) is 0 Å². The molecule has 0 radical (unpaired) electrons. The molecule has 222 valence electrons. The van der Waals surface area contributed by atoms with Gasteiger partial charge >= 0.3 is 5.97 Å². The van der Waals surface area contributed by atoms with Crippen LogP contribution in [0.25, 0.3) is 0 Å². The summed E-state index contributed by atoms with van der Waals surface area (Å²) in [6.45, 7) is 1.80. The number of aliphatic carboxylic acids is 1. The molecule has 43 heavy (non-hydrogen) atoms. The molecule has 4 aromatic carbocycles. The lowest BCUT2D eigenvalue weighted by Crippen LogP contribution is -2.52. The van der Waals surface area contributed by atoms with Gasteiger partial charge in [0.15, 0.2) is 11.5 Å². The van der Waals surface area contributed by atoms with Crippen LogP contribution in [0.2, 0.25) is 0 Å². The second-order valence-electron chi connectivity index (χ2n) is 9.98. The van der Waals surface area contributed by atoms with Crippen molar-refractivity contribution in [3.05, 3.63) is 131 Å². The molecule has 3 N–H and O–H groups in total. The summed E-state index contributed by atoms with van der Waals surface area (Å²) >= 11 is 0. The summed E-state index contributed by atoms with van der Waals surface area (Å²) in [6, 6.07) is 27.7. The van der Waals surface area contributed by atoms with Gasteiger partial charge in [-0.15, -0.1) is 0 Å². The number of nitrogens with one attached hydrogen (secondary N) is 2. The van der Waals surface area contributed by atoms with E-state index >= 15 is 0 Å². The molecule has 0 aliphatic carbocycles. The Morgan fingerprint density at radius 2 is 1.28 bits per heavy atom. The molecule has 4 rings (SSSR count). The fraction of sp³-hybridized carbons (Fsp3) is 0.206. The van der Waals surface area contributed by atoms with E-state index in [9.17, 15) is 23.9 Å². The van der Waals surface area contributed by atoms with Gasteiger partial charge in [-0.1, -0.05) is 84.9 Å². The Hall–Kier alpha value is -5.18. The first-order valence-electron chi connectivity index (χ1n) is 13.8. The highest BCUT2D eigenvalue weighted by Gasteiger charge is 2.27. The zero-order valence-electron chi connectivity index (χ0n) is 23.7. The standard InChI is InChI=1S/C34H33FN2O6/c1-23(38)36-29(20-27-14-8-9-15-28(27)35)33(39)37-30(34(40)41)18-26-16-17-31(42-21-24-10-4-2-5-11-24)32(19-26)43-22-25-12-6-3-7-13-25/h2-17,19,29-30H,18,20-22H2,1H3,(H,36,38)(H,37,39)(H,40,41)/t29-,30+/m0/s1. The van der Waals surface area contributed by atoms with Crippen molar-refractivity contribution in [3.8, 4) is 11.5 Å².